The first-order valence-corrected chi connectivity index (χ1v) is 12.7. The van der Waals surface area contributed by atoms with Gasteiger partial charge in [-0.25, -0.2) is 0 Å². The van der Waals surface area contributed by atoms with Crippen molar-refractivity contribution in [3.63, 3.8) is 0 Å². The Morgan fingerprint density at radius 2 is 1.60 bits per heavy atom. The van der Waals surface area contributed by atoms with E-state index in [4.69, 9.17) is 16.3 Å². The molecule has 7 heteroatoms. The van der Waals surface area contributed by atoms with Crippen LogP contribution in [0.15, 0.2) is 83.3 Å². The maximum atomic E-state index is 13.5. The summed E-state index contributed by atoms with van der Waals surface area (Å²) in [5.74, 6) is 0.374. The van der Waals surface area contributed by atoms with Crippen molar-refractivity contribution in [2.75, 3.05) is 13.2 Å². The third kappa shape index (κ3) is 8.71. The molecule has 184 valence electrons. The smallest absolute Gasteiger partial charge is 0.261 e. The van der Waals surface area contributed by atoms with E-state index in [0.717, 1.165) is 15.6 Å². The van der Waals surface area contributed by atoms with Crippen LogP contribution in [-0.2, 0) is 22.6 Å². The largest absolute Gasteiger partial charge is 0.484 e. The van der Waals surface area contributed by atoms with E-state index < -0.39 is 6.04 Å². The molecule has 2 amide bonds. The van der Waals surface area contributed by atoms with Crippen molar-refractivity contribution in [1.82, 2.24) is 10.2 Å². The number of halogens is 2. The van der Waals surface area contributed by atoms with Gasteiger partial charge in [-0.1, -0.05) is 83.8 Å². The van der Waals surface area contributed by atoms with Crippen LogP contribution in [-0.4, -0.2) is 35.9 Å². The molecular formula is C28H30BrClN2O3. The number of amides is 2. The molecule has 0 aliphatic carbocycles. The zero-order valence-corrected chi connectivity index (χ0v) is 22.3. The molecule has 3 rings (SSSR count). The van der Waals surface area contributed by atoms with Gasteiger partial charge < -0.3 is 15.0 Å². The first-order valence-electron chi connectivity index (χ1n) is 11.6. The minimum Gasteiger partial charge on any atom is -0.484 e. The minimum atomic E-state index is -0.693. The first kappa shape index (κ1) is 26.8. The van der Waals surface area contributed by atoms with Crippen molar-refractivity contribution in [3.8, 4) is 5.75 Å². The maximum Gasteiger partial charge on any atom is 0.261 e. The summed E-state index contributed by atoms with van der Waals surface area (Å²) >= 11 is 9.41. The quantitative estimate of drug-likeness (QED) is 0.320. The van der Waals surface area contributed by atoms with Gasteiger partial charge in [0.1, 0.15) is 11.8 Å². The lowest BCUT2D eigenvalue weighted by Crippen LogP contribution is -2.52. The Bertz CT molecular complexity index is 1090. The number of benzene rings is 3. The van der Waals surface area contributed by atoms with Crippen LogP contribution in [0.4, 0.5) is 0 Å². The Hall–Kier alpha value is -2.83. The highest BCUT2D eigenvalue weighted by molar-refractivity contribution is 9.10. The molecule has 0 radical (unpaired) electrons. The van der Waals surface area contributed by atoms with E-state index >= 15 is 0 Å². The molecule has 1 N–H and O–H groups in total. The van der Waals surface area contributed by atoms with Crippen LogP contribution >= 0.6 is 27.5 Å². The van der Waals surface area contributed by atoms with E-state index in [2.05, 4.69) is 21.2 Å². The van der Waals surface area contributed by atoms with Crippen molar-refractivity contribution >= 4 is 39.3 Å². The summed E-state index contributed by atoms with van der Waals surface area (Å²) in [5, 5.41) is 3.61. The highest BCUT2D eigenvalue weighted by Crippen LogP contribution is 2.19. The summed E-state index contributed by atoms with van der Waals surface area (Å²) in [4.78, 5) is 28.5. The molecule has 3 aromatic rings. The lowest BCUT2D eigenvalue weighted by molar-refractivity contribution is -0.142. The number of carbonyl (C=O) groups excluding carboxylic acids is 2. The average molecular weight is 558 g/mol. The fourth-order valence-electron chi connectivity index (χ4n) is 3.52. The van der Waals surface area contributed by atoms with Crippen LogP contribution in [0.2, 0.25) is 5.02 Å². The molecule has 0 aliphatic rings. The summed E-state index contributed by atoms with van der Waals surface area (Å²) in [6.45, 7) is 4.70. The third-order valence-electron chi connectivity index (χ3n) is 5.40. The van der Waals surface area contributed by atoms with E-state index in [1.807, 2.05) is 68.4 Å². The van der Waals surface area contributed by atoms with Crippen LogP contribution < -0.4 is 10.1 Å². The van der Waals surface area contributed by atoms with Crippen LogP contribution in [0.1, 0.15) is 25.0 Å². The lowest BCUT2D eigenvalue weighted by atomic mass is 10.0. The summed E-state index contributed by atoms with van der Waals surface area (Å²) in [6.07, 6.45) is 0.397. The van der Waals surface area contributed by atoms with Gasteiger partial charge in [-0.2, -0.15) is 0 Å². The molecule has 0 aromatic heterocycles. The second-order valence-corrected chi connectivity index (χ2v) is 10.1. The summed E-state index contributed by atoms with van der Waals surface area (Å²) in [6, 6.07) is 23.6. The topological polar surface area (TPSA) is 58.6 Å². The van der Waals surface area contributed by atoms with Crippen molar-refractivity contribution in [1.29, 1.82) is 0 Å². The Balaban J connectivity index is 1.88. The number of nitrogens with one attached hydrogen (secondary N) is 1. The predicted molar refractivity (Wildman–Crippen MR) is 143 cm³/mol. The van der Waals surface area contributed by atoms with Crippen molar-refractivity contribution in [3.05, 3.63) is 99.5 Å². The minimum absolute atomic E-state index is 0.181. The molecular weight excluding hydrogens is 528 g/mol. The highest BCUT2D eigenvalue weighted by Gasteiger charge is 2.30. The van der Waals surface area contributed by atoms with Crippen molar-refractivity contribution in [2.24, 2.45) is 5.92 Å². The van der Waals surface area contributed by atoms with Crippen LogP contribution in [0.3, 0.4) is 0 Å². The highest BCUT2D eigenvalue weighted by atomic mass is 79.9. The molecule has 0 aliphatic heterocycles. The Morgan fingerprint density at radius 3 is 2.23 bits per heavy atom. The number of hydrogen-bond donors (Lipinski definition) is 1. The zero-order chi connectivity index (χ0) is 25.2. The van der Waals surface area contributed by atoms with Crippen molar-refractivity contribution in [2.45, 2.75) is 32.9 Å². The molecule has 0 saturated carbocycles. The Morgan fingerprint density at radius 1 is 0.943 bits per heavy atom. The van der Waals surface area contributed by atoms with Gasteiger partial charge in [0.15, 0.2) is 6.61 Å². The van der Waals surface area contributed by atoms with E-state index in [1.54, 1.807) is 29.2 Å². The van der Waals surface area contributed by atoms with Crippen LogP contribution in [0.5, 0.6) is 5.75 Å². The van der Waals surface area contributed by atoms with Gasteiger partial charge in [0, 0.05) is 29.0 Å². The maximum absolute atomic E-state index is 13.5. The van der Waals surface area contributed by atoms with Gasteiger partial charge in [-0.15, -0.1) is 0 Å². The molecule has 35 heavy (non-hydrogen) atoms. The number of hydrogen-bond acceptors (Lipinski definition) is 3. The molecule has 5 nitrogen and oxygen atoms in total. The first-order chi connectivity index (χ1) is 16.8. The number of carbonyl (C=O) groups is 2. The second kappa shape index (κ2) is 13.3. The summed E-state index contributed by atoms with van der Waals surface area (Å²) in [7, 11) is 0. The molecule has 0 bridgehead atoms. The second-order valence-electron chi connectivity index (χ2n) is 8.74. The van der Waals surface area contributed by atoms with E-state index in [-0.39, 0.29) is 25.0 Å². The van der Waals surface area contributed by atoms with Gasteiger partial charge in [0.2, 0.25) is 5.91 Å². The van der Waals surface area contributed by atoms with E-state index in [1.165, 1.54) is 0 Å². The third-order valence-corrected chi connectivity index (χ3v) is 6.18. The summed E-state index contributed by atoms with van der Waals surface area (Å²) < 4.78 is 6.69. The number of nitrogens with zero attached hydrogens (tertiary/aromatic N) is 1. The number of rotatable bonds is 11. The fraction of sp³-hybridized carbons (Fsp3) is 0.286. The van der Waals surface area contributed by atoms with Crippen LogP contribution in [0.25, 0.3) is 0 Å². The molecule has 1 unspecified atom stereocenters. The Labute approximate surface area is 220 Å². The molecule has 1 atom stereocenters. The van der Waals surface area contributed by atoms with Crippen LogP contribution in [0, 0.1) is 5.92 Å². The summed E-state index contributed by atoms with van der Waals surface area (Å²) in [5.41, 5.74) is 1.90. The van der Waals surface area contributed by atoms with Gasteiger partial charge in [0.05, 0.1) is 0 Å². The fourth-order valence-corrected chi connectivity index (χ4v) is 3.91. The van der Waals surface area contributed by atoms with Gasteiger partial charge in [-0.3, -0.25) is 9.59 Å². The molecule has 0 saturated heterocycles. The van der Waals surface area contributed by atoms with Crippen molar-refractivity contribution < 1.29 is 14.3 Å². The molecule has 0 fully saturated rings. The average Bonchev–Trinajstić information content (AvgIpc) is 2.86. The molecule has 3 aromatic carbocycles. The standard InChI is InChI=1S/C28H30BrClN2O3/c1-20(2)17-31-28(34)26(16-21-6-4-3-5-7-21)32(18-22-8-10-23(29)11-9-22)27(33)19-35-25-14-12-24(30)13-15-25/h3-15,20,26H,16-19H2,1-2H3,(H,31,34). The van der Waals surface area contributed by atoms with Gasteiger partial charge in [-0.05, 0) is 53.4 Å². The predicted octanol–water partition coefficient (Wildman–Crippen LogP) is 5.89. The van der Waals surface area contributed by atoms with E-state index in [0.29, 0.717) is 29.7 Å². The zero-order valence-electron chi connectivity index (χ0n) is 19.9. The molecule has 0 spiro atoms. The van der Waals surface area contributed by atoms with E-state index in [9.17, 15) is 9.59 Å². The van der Waals surface area contributed by atoms with Gasteiger partial charge >= 0.3 is 0 Å². The van der Waals surface area contributed by atoms with Gasteiger partial charge in [0.25, 0.3) is 5.91 Å². The molecule has 0 heterocycles. The Kier molecular flexibility index (Phi) is 10.2. The number of ether oxygens (including phenoxy) is 1. The SMILES string of the molecule is CC(C)CNC(=O)C(Cc1ccccc1)N(Cc1ccc(Br)cc1)C(=O)COc1ccc(Cl)cc1. The lowest BCUT2D eigenvalue weighted by Gasteiger charge is -2.31. The normalized spacial score (nSPS) is 11.7. The monoisotopic (exact) mass is 556 g/mol.